The Morgan fingerprint density at radius 3 is 2.89 bits per heavy atom. The van der Waals surface area contributed by atoms with Crippen molar-refractivity contribution < 1.29 is 4.74 Å². The van der Waals surface area contributed by atoms with Gasteiger partial charge in [-0.2, -0.15) is 0 Å². The molecule has 2 aliphatic rings. The highest BCUT2D eigenvalue weighted by Gasteiger charge is 2.33. The minimum atomic E-state index is 0.577. The number of rotatable bonds is 4. The summed E-state index contributed by atoms with van der Waals surface area (Å²) in [6.07, 6.45) is 3.68. The largest absolute Gasteiger partial charge is 0.381 e. The molecule has 2 unspecified atom stereocenters. The van der Waals surface area contributed by atoms with Gasteiger partial charge in [0.2, 0.25) is 0 Å². The second kappa shape index (κ2) is 5.82. The molecule has 0 spiro atoms. The summed E-state index contributed by atoms with van der Waals surface area (Å²) in [5, 5.41) is 4.61. The average molecular weight is 280 g/mol. The maximum absolute atomic E-state index is 6.05. The second-order valence-electron chi connectivity index (χ2n) is 6.00. The van der Waals surface area contributed by atoms with Crippen molar-refractivity contribution in [1.29, 1.82) is 0 Å². The maximum Gasteiger partial charge on any atom is 0.0509 e. The van der Waals surface area contributed by atoms with Crippen LogP contribution in [0.2, 0.25) is 5.02 Å². The fraction of sp³-hybridized carbons (Fsp3) is 0.625. The molecule has 3 rings (SSSR count). The first kappa shape index (κ1) is 13.4. The van der Waals surface area contributed by atoms with Crippen LogP contribution in [0.5, 0.6) is 0 Å². The van der Waals surface area contributed by atoms with E-state index in [9.17, 15) is 0 Å². The van der Waals surface area contributed by atoms with E-state index in [0.717, 1.165) is 18.2 Å². The lowest BCUT2D eigenvalue weighted by Gasteiger charge is -2.39. The third kappa shape index (κ3) is 3.13. The number of nitrogens with one attached hydrogen (secondary N) is 1. The van der Waals surface area contributed by atoms with Crippen LogP contribution in [0.15, 0.2) is 24.3 Å². The van der Waals surface area contributed by atoms with E-state index in [2.05, 4.69) is 30.4 Å². The van der Waals surface area contributed by atoms with Crippen LogP contribution in [-0.4, -0.2) is 25.3 Å². The zero-order chi connectivity index (χ0) is 13.2. The van der Waals surface area contributed by atoms with Crippen molar-refractivity contribution in [2.45, 2.75) is 44.2 Å². The van der Waals surface area contributed by atoms with E-state index in [1.54, 1.807) is 0 Å². The predicted molar refractivity (Wildman–Crippen MR) is 78.7 cm³/mol. The first-order valence-corrected chi connectivity index (χ1v) is 7.69. The molecule has 2 nitrogen and oxygen atoms in total. The minimum absolute atomic E-state index is 0.577. The van der Waals surface area contributed by atoms with Gasteiger partial charge in [-0.1, -0.05) is 23.7 Å². The molecule has 3 heteroatoms. The molecule has 2 fully saturated rings. The lowest BCUT2D eigenvalue weighted by Crippen LogP contribution is -2.47. The van der Waals surface area contributed by atoms with Crippen molar-refractivity contribution >= 4 is 11.6 Å². The average Bonchev–Trinajstić information content (AvgIpc) is 2.86. The fourth-order valence-electron chi connectivity index (χ4n) is 3.24. The molecule has 0 amide bonds. The maximum atomic E-state index is 6.05. The zero-order valence-corrected chi connectivity index (χ0v) is 12.2. The Hall–Kier alpha value is -0.570. The van der Waals surface area contributed by atoms with Crippen LogP contribution in [-0.2, 0) is 4.74 Å². The number of halogens is 1. The quantitative estimate of drug-likeness (QED) is 0.909. The molecular formula is C16H22ClNO. The molecule has 104 valence electrons. The van der Waals surface area contributed by atoms with E-state index in [0.29, 0.717) is 23.9 Å². The summed E-state index contributed by atoms with van der Waals surface area (Å²) in [6.45, 7) is 4.16. The van der Waals surface area contributed by atoms with Gasteiger partial charge < -0.3 is 10.1 Å². The summed E-state index contributed by atoms with van der Waals surface area (Å²) >= 11 is 6.05. The summed E-state index contributed by atoms with van der Waals surface area (Å²) in [5.41, 5.74) is 1.39. The molecule has 1 N–H and O–H groups in total. The molecule has 1 aromatic carbocycles. The molecule has 2 atom stereocenters. The summed E-state index contributed by atoms with van der Waals surface area (Å²) < 4.78 is 5.46. The predicted octanol–water partition coefficient (Wildman–Crippen LogP) is 3.60. The van der Waals surface area contributed by atoms with Crippen molar-refractivity contribution in [2.24, 2.45) is 5.92 Å². The molecule has 19 heavy (non-hydrogen) atoms. The highest BCUT2D eigenvalue weighted by atomic mass is 35.5. The van der Waals surface area contributed by atoms with E-state index in [4.69, 9.17) is 16.3 Å². The Morgan fingerprint density at radius 2 is 2.21 bits per heavy atom. The van der Waals surface area contributed by atoms with E-state index in [1.165, 1.54) is 24.8 Å². The highest BCUT2D eigenvalue weighted by Crippen LogP contribution is 2.38. The van der Waals surface area contributed by atoms with E-state index in [-0.39, 0.29) is 0 Å². The van der Waals surface area contributed by atoms with Crippen LogP contribution < -0.4 is 5.32 Å². The van der Waals surface area contributed by atoms with Crippen molar-refractivity contribution in [3.8, 4) is 0 Å². The summed E-state index contributed by atoms with van der Waals surface area (Å²) in [5.74, 6) is 1.38. The molecule has 1 aromatic rings. The Morgan fingerprint density at radius 1 is 1.37 bits per heavy atom. The SMILES string of the molecule is CC(NC1CC(c2cccc(Cl)c2)C1)C1CCOC1. The molecule has 0 aromatic heterocycles. The number of hydrogen-bond donors (Lipinski definition) is 1. The second-order valence-corrected chi connectivity index (χ2v) is 6.44. The van der Waals surface area contributed by atoms with Crippen LogP contribution in [0.25, 0.3) is 0 Å². The Labute approximate surface area is 120 Å². The van der Waals surface area contributed by atoms with Gasteiger partial charge in [-0.25, -0.2) is 0 Å². The van der Waals surface area contributed by atoms with Gasteiger partial charge in [0.05, 0.1) is 6.61 Å². The van der Waals surface area contributed by atoms with Gasteiger partial charge in [0.25, 0.3) is 0 Å². The summed E-state index contributed by atoms with van der Waals surface area (Å²) in [4.78, 5) is 0. The molecular weight excluding hydrogens is 258 g/mol. The molecule has 0 radical (unpaired) electrons. The Bertz CT molecular complexity index is 425. The molecule has 1 heterocycles. The summed E-state index contributed by atoms with van der Waals surface area (Å²) in [7, 11) is 0. The molecule has 0 bridgehead atoms. The van der Waals surface area contributed by atoms with Gasteiger partial charge in [-0.05, 0) is 55.7 Å². The molecule has 1 saturated carbocycles. The van der Waals surface area contributed by atoms with Gasteiger partial charge in [0, 0.05) is 23.7 Å². The van der Waals surface area contributed by atoms with Gasteiger partial charge in [0.15, 0.2) is 0 Å². The van der Waals surface area contributed by atoms with E-state index >= 15 is 0 Å². The van der Waals surface area contributed by atoms with E-state index < -0.39 is 0 Å². The monoisotopic (exact) mass is 279 g/mol. The zero-order valence-electron chi connectivity index (χ0n) is 11.4. The Kier molecular flexibility index (Phi) is 4.11. The topological polar surface area (TPSA) is 21.3 Å². The van der Waals surface area contributed by atoms with Crippen LogP contribution in [0, 0.1) is 5.92 Å². The molecule has 1 saturated heterocycles. The highest BCUT2D eigenvalue weighted by molar-refractivity contribution is 6.30. The third-order valence-corrected chi connectivity index (χ3v) is 4.86. The lowest BCUT2D eigenvalue weighted by atomic mass is 9.75. The van der Waals surface area contributed by atoms with E-state index in [1.807, 2.05) is 6.07 Å². The van der Waals surface area contributed by atoms with Crippen LogP contribution in [0.1, 0.15) is 37.7 Å². The van der Waals surface area contributed by atoms with Gasteiger partial charge in [-0.15, -0.1) is 0 Å². The lowest BCUT2D eigenvalue weighted by molar-refractivity contribution is 0.170. The Balaban J connectivity index is 1.47. The first-order chi connectivity index (χ1) is 9.22. The molecule has 1 aliphatic carbocycles. The van der Waals surface area contributed by atoms with Crippen molar-refractivity contribution in [3.63, 3.8) is 0 Å². The van der Waals surface area contributed by atoms with Crippen molar-refractivity contribution in [1.82, 2.24) is 5.32 Å². The molecule has 1 aliphatic heterocycles. The normalized spacial score (nSPS) is 32.0. The van der Waals surface area contributed by atoms with Gasteiger partial charge in [-0.3, -0.25) is 0 Å². The van der Waals surface area contributed by atoms with Crippen molar-refractivity contribution in [2.75, 3.05) is 13.2 Å². The number of benzene rings is 1. The van der Waals surface area contributed by atoms with Crippen LogP contribution >= 0.6 is 11.6 Å². The van der Waals surface area contributed by atoms with Crippen LogP contribution in [0.3, 0.4) is 0 Å². The summed E-state index contributed by atoms with van der Waals surface area (Å²) in [6, 6.07) is 9.54. The third-order valence-electron chi connectivity index (χ3n) is 4.63. The standard InChI is InChI=1S/C16H22ClNO/c1-11(13-5-6-19-10-13)18-16-8-14(9-16)12-3-2-4-15(17)7-12/h2-4,7,11,13-14,16,18H,5-6,8-10H2,1H3. The number of ether oxygens (including phenoxy) is 1. The first-order valence-electron chi connectivity index (χ1n) is 7.31. The van der Waals surface area contributed by atoms with Gasteiger partial charge in [0.1, 0.15) is 0 Å². The number of hydrogen-bond acceptors (Lipinski definition) is 2. The van der Waals surface area contributed by atoms with Gasteiger partial charge >= 0.3 is 0 Å². The van der Waals surface area contributed by atoms with Crippen molar-refractivity contribution in [3.05, 3.63) is 34.9 Å². The minimum Gasteiger partial charge on any atom is -0.381 e. The fourth-order valence-corrected chi connectivity index (χ4v) is 3.44. The van der Waals surface area contributed by atoms with Crippen LogP contribution in [0.4, 0.5) is 0 Å². The smallest absolute Gasteiger partial charge is 0.0509 e.